The van der Waals surface area contributed by atoms with Gasteiger partial charge in [-0.25, -0.2) is 4.79 Å². The third kappa shape index (κ3) is 2.93. The Balaban J connectivity index is 1.81. The molecule has 2 rings (SSSR count). The average molecular weight is 250 g/mol. The number of alkyl halides is 2. The van der Waals surface area contributed by atoms with Crippen molar-refractivity contribution in [2.45, 2.75) is 50.4 Å². The van der Waals surface area contributed by atoms with Crippen molar-refractivity contribution in [1.82, 2.24) is 0 Å². The van der Waals surface area contributed by atoms with Crippen molar-refractivity contribution in [3.63, 3.8) is 0 Å². The third-order valence-corrected chi connectivity index (χ3v) is 3.14. The molecule has 1 heterocycles. The molecular weight excluding hydrogens is 234 g/mol. The monoisotopic (exact) mass is 250 g/mol. The van der Waals surface area contributed by atoms with Crippen molar-refractivity contribution in [3.05, 3.63) is 0 Å². The predicted octanol–water partition coefficient (Wildman–Crippen LogP) is 1.87. The van der Waals surface area contributed by atoms with Crippen LogP contribution in [-0.4, -0.2) is 37.0 Å². The summed E-state index contributed by atoms with van der Waals surface area (Å²) in [6, 6.07) is 0. The lowest BCUT2D eigenvalue weighted by atomic mass is 9.92. The first-order valence-corrected chi connectivity index (χ1v) is 5.78. The smallest absolute Gasteiger partial charge is 0.376 e. The van der Waals surface area contributed by atoms with Gasteiger partial charge in [0.15, 0.2) is 5.79 Å². The second-order valence-corrected chi connectivity index (χ2v) is 4.60. The fourth-order valence-corrected chi connectivity index (χ4v) is 2.19. The first kappa shape index (κ1) is 12.7. The van der Waals surface area contributed by atoms with Crippen LogP contribution in [0.2, 0.25) is 0 Å². The molecule has 17 heavy (non-hydrogen) atoms. The van der Waals surface area contributed by atoms with Crippen LogP contribution < -0.4 is 0 Å². The Labute approximate surface area is 98.2 Å². The number of carbonyl (C=O) groups is 1. The molecule has 0 bridgehead atoms. The Morgan fingerprint density at radius 3 is 2.29 bits per heavy atom. The van der Waals surface area contributed by atoms with Gasteiger partial charge in [-0.3, -0.25) is 0 Å². The molecule has 4 nitrogen and oxygen atoms in total. The first-order chi connectivity index (χ1) is 7.91. The summed E-state index contributed by atoms with van der Waals surface area (Å²) in [5.74, 6) is -5.43. The van der Waals surface area contributed by atoms with Crippen molar-refractivity contribution < 1.29 is 27.8 Å². The molecule has 0 atom stereocenters. The Morgan fingerprint density at radius 2 is 1.82 bits per heavy atom. The molecule has 0 aromatic heterocycles. The Kier molecular flexibility index (Phi) is 3.36. The van der Waals surface area contributed by atoms with Crippen LogP contribution in [-0.2, 0) is 19.0 Å². The van der Waals surface area contributed by atoms with E-state index in [1.165, 1.54) is 0 Å². The molecular formula is C11H16F2O4. The Bertz CT molecular complexity index is 284. The van der Waals surface area contributed by atoms with Gasteiger partial charge < -0.3 is 14.2 Å². The molecule has 1 saturated heterocycles. The van der Waals surface area contributed by atoms with Gasteiger partial charge in [0.25, 0.3) is 0 Å². The summed E-state index contributed by atoms with van der Waals surface area (Å²) in [6.45, 7) is 1.68. The van der Waals surface area contributed by atoms with E-state index in [2.05, 4.69) is 0 Å². The topological polar surface area (TPSA) is 44.8 Å². The lowest BCUT2D eigenvalue weighted by molar-refractivity contribution is -0.202. The number of halogens is 2. The molecule has 2 aliphatic rings. The second-order valence-electron chi connectivity index (χ2n) is 4.60. The van der Waals surface area contributed by atoms with E-state index in [-0.39, 0.29) is 0 Å². The van der Waals surface area contributed by atoms with Crippen molar-refractivity contribution in [3.8, 4) is 0 Å². The number of hydrogen-bond donors (Lipinski definition) is 0. The van der Waals surface area contributed by atoms with Gasteiger partial charge in [0.2, 0.25) is 0 Å². The van der Waals surface area contributed by atoms with Gasteiger partial charge in [0.05, 0.1) is 13.2 Å². The number of ether oxygens (including phenoxy) is 3. The van der Waals surface area contributed by atoms with Crippen molar-refractivity contribution >= 4 is 5.97 Å². The molecule has 1 spiro atoms. The van der Waals surface area contributed by atoms with Gasteiger partial charge in [-0.1, -0.05) is 0 Å². The summed E-state index contributed by atoms with van der Waals surface area (Å²) >= 11 is 0. The summed E-state index contributed by atoms with van der Waals surface area (Å²) in [4.78, 5) is 11.0. The van der Waals surface area contributed by atoms with E-state index in [1.54, 1.807) is 0 Å². The van der Waals surface area contributed by atoms with Crippen LogP contribution in [0.25, 0.3) is 0 Å². The summed E-state index contributed by atoms with van der Waals surface area (Å²) < 4.78 is 41.0. The second kappa shape index (κ2) is 4.49. The zero-order valence-corrected chi connectivity index (χ0v) is 9.71. The Hall–Kier alpha value is -0.750. The molecule has 0 N–H and O–H groups in total. The molecule has 1 aliphatic carbocycles. The minimum Gasteiger partial charge on any atom is -0.458 e. The zero-order chi connectivity index (χ0) is 12.5. The minimum absolute atomic E-state index is 0.452. The molecule has 0 aromatic rings. The van der Waals surface area contributed by atoms with E-state index in [0.29, 0.717) is 45.8 Å². The van der Waals surface area contributed by atoms with Crippen molar-refractivity contribution in [2.24, 2.45) is 0 Å². The van der Waals surface area contributed by atoms with Crippen LogP contribution in [0.5, 0.6) is 0 Å². The third-order valence-electron chi connectivity index (χ3n) is 3.14. The Morgan fingerprint density at radius 1 is 1.29 bits per heavy atom. The fourth-order valence-electron chi connectivity index (χ4n) is 2.19. The van der Waals surface area contributed by atoms with Crippen LogP contribution >= 0.6 is 0 Å². The molecule has 1 aliphatic heterocycles. The summed E-state index contributed by atoms with van der Waals surface area (Å²) in [5.41, 5.74) is 0. The lowest BCUT2D eigenvalue weighted by Crippen LogP contribution is -2.40. The molecule has 2 fully saturated rings. The summed E-state index contributed by atoms with van der Waals surface area (Å²) in [6.07, 6.45) is 1.72. The van der Waals surface area contributed by atoms with E-state index in [1.807, 2.05) is 0 Å². The highest BCUT2D eigenvalue weighted by atomic mass is 19.3. The van der Waals surface area contributed by atoms with Gasteiger partial charge in [-0.05, 0) is 12.8 Å². The van der Waals surface area contributed by atoms with Crippen LogP contribution in [0, 0.1) is 0 Å². The van der Waals surface area contributed by atoms with Gasteiger partial charge in [-0.2, -0.15) is 8.78 Å². The van der Waals surface area contributed by atoms with Crippen molar-refractivity contribution in [2.75, 3.05) is 13.2 Å². The van der Waals surface area contributed by atoms with E-state index < -0.39 is 23.8 Å². The maximum absolute atomic E-state index is 12.6. The molecule has 0 aromatic carbocycles. The van der Waals surface area contributed by atoms with Gasteiger partial charge in [0, 0.05) is 19.8 Å². The molecule has 0 unspecified atom stereocenters. The first-order valence-electron chi connectivity index (χ1n) is 5.78. The zero-order valence-electron chi connectivity index (χ0n) is 9.71. The van der Waals surface area contributed by atoms with Crippen molar-refractivity contribution in [1.29, 1.82) is 0 Å². The fraction of sp³-hybridized carbons (Fsp3) is 0.909. The van der Waals surface area contributed by atoms with Crippen LogP contribution in [0.15, 0.2) is 0 Å². The van der Waals surface area contributed by atoms with Crippen LogP contribution in [0.3, 0.4) is 0 Å². The summed E-state index contributed by atoms with van der Waals surface area (Å²) in [7, 11) is 0. The molecule has 0 radical (unpaired) electrons. The maximum atomic E-state index is 12.6. The quantitative estimate of drug-likeness (QED) is 0.702. The van der Waals surface area contributed by atoms with E-state index in [4.69, 9.17) is 14.2 Å². The highest BCUT2D eigenvalue weighted by molar-refractivity contribution is 5.77. The predicted molar refractivity (Wildman–Crippen MR) is 53.6 cm³/mol. The van der Waals surface area contributed by atoms with Gasteiger partial charge >= 0.3 is 11.9 Å². The number of esters is 1. The van der Waals surface area contributed by atoms with E-state index >= 15 is 0 Å². The van der Waals surface area contributed by atoms with Gasteiger partial charge in [-0.15, -0.1) is 0 Å². The average Bonchev–Trinajstić information content (AvgIpc) is 2.69. The minimum atomic E-state index is -3.42. The number of carbonyl (C=O) groups excluding carboxylic acids is 1. The number of hydrogen-bond acceptors (Lipinski definition) is 4. The highest BCUT2D eigenvalue weighted by Crippen LogP contribution is 2.37. The SMILES string of the molecule is CC(F)(F)C(=O)OC1CCC2(CC1)OCCO2. The van der Waals surface area contributed by atoms with Gasteiger partial charge in [0.1, 0.15) is 6.10 Å². The standard InChI is InChI=1S/C11H16F2O4/c1-10(12,13)9(14)17-8-2-4-11(5-3-8)15-6-7-16-11/h8H,2-7H2,1H3. The molecule has 1 saturated carbocycles. The van der Waals surface area contributed by atoms with E-state index in [0.717, 1.165) is 0 Å². The molecule has 98 valence electrons. The van der Waals surface area contributed by atoms with Crippen LogP contribution in [0.1, 0.15) is 32.6 Å². The lowest BCUT2D eigenvalue weighted by Gasteiger charge is -2.35. The highest BCUT2D eigenvalue weighted by Gasteiger charge is 2.43. The molecule has 0 amide bonds. The normalized spacial score (nSPS) is 25.1. The van der Waals surface area contributed by atoms with Crippen LogP contribution in [0.4, 0.5) is 8.78 Å². The largest absolute Gasteiger partial charge is 0.458 e. The van der Waals surface area contributed by atoms with E-state index in [9.17, 15) is 13.6 Å². The summed E-state index contributed by atoms with van der Waals surface area (Å²) in [5, 5.41) is 0. The number of rotatable bonds is 2. The molecule has 6 heteroatoms. The maximum Gasteiger partial charge on any atom is 0.376 e.